The average molecular weight is 375 g/mol. The molecule has 1 aliphatic rings. The summed E-state index contributed by atoms with van der Waals surface area (Å²) in [5.74, 6) is 0.650. The number of pyridine rings is 1. The van der Waals surface area contributed by atoms with Gasteiger partial charge in [0, 0.05) is 28.7 Å². The lowest BCUT2D eigenvalue weighted by Crippen LogP contribution is -2.14. The Morgan fingerprint density at radius 2 is 1.93 bits per heavy atom. The number of halogens is 1. The molecule has 1 unspecified atom stereocenters. The molecular formula is C25H27FN2. The van der Waals surface area contributed by atoms with E-state index < -0.39 is 5.67 Å². The van der Waals surface area contributed by atoms with Crippen molar-refractivity contribution in [1.29, 1.82) is 0 Å². The highest BCUT2D eigenvalue weighted by Crippen LogP contribution is 2.40. The summed E-state index contributed by atoms with van der Waals surface area (Å²) < 4.78 is 17.6. The van der Waals surface area contributed by atoms with Crippen LogP contribution >= 0.6 is 0 Å². The zero-order valence-corrected chi connectivity index (χ0v) is 16.7. The molecule has 0 aliphatic heterocycles. The van der Waals surface area contributed by atoms with Crippen molar-refractivity contribution >= 4 is 27.3 Å². The Bertz CT molecular complexity index is 1170. The normalized spacial score (nSPS) is 18.1. The molecule has 1 aliphatic carbocycles. The van der Waals surface area contributed by atoms with Crippen molar-refractivity contribution in [2.75, 3.05) is 0 Å². The average Bonchev–Trinajstić information content (AvgIpc) is 3.24. The number of benzene rings is 2. The minimum absolute atomic E-state index is 0.444. The molecule has 1 atom stereocenters. The Morgan fingerprint density at radius 3 is 2.71 bits per heavy atom. The molecule has 1 fully saturated rings. The fraction of sp³-hybridized carbons (Fsp3) is 0.400. The maximum absolute atomic E-state index is 15.4. The molecule has 2 heterocycles. The van der Waals surface area contributed by atoms with Crippen molar-refractivity contribution in [2.24, 2.45) is 0 Å². The standard InChI is InChI=1S/C25H27FN2/c1-3-25(2,26)21-11-7-10-19-20-16-18(17-8-5-4-6-9-17)12-13-22(20)28-15-14-27-24(28)23(19)21/h7,10-17H,3-6,8-9H2,1-2H3. The first-order chi connectivity index (χ1) is 13.6. The molecule has 0 spiro atoms. The Kier molecular flexibility index (Phi) is 4.15. The van der Waals surface area contributed by atoms with Crippen LogP contribution in [0.15, 0.2) is 48.8 Å². The summed E-state index contributed by atoms with van der Waals surface area (Å²) in [6, 6.07) is 12.9. The van der Waals surface area contributed by atoms with E-state index in [0.29, 0.717) is 12.3 Å². The molecule has 0 amide bonds. The number of hydrogen-bond donors (Lipinski definition) is 0. The number of fused-ring (bicyclic) bond motifs is 6. The summed E-state index contributed by atoms with van der Waals surface area (Å²) in [6.45, 7) is 3.59. The van der Waals surface area contributed by atoms with E-state index in [1.54, 1.807) is 6.92 Å². The van der Waals surface area contributed by atoms with Crippen LogP contribution in [0.25, 0.3) is 27.3 Å². The Labute approximate surface area is 165 Å². The largest absolute Gasteiger partial charge is 0.299 e. The van der Waals surface area contributed by atoms with Crippen molar-refractivity contribution in [3.05, 3.63) is 59.9 Å². The van der Waals surface area contributed by atoms with Crippen LogP contribution in [0.1, 0.15) is 69.4 Å². The van der Waals surface area contributed by atoms with Crippen LogP contribution < -0.4 is 0 Å². The molecule has 1 saturated carbocycles. The molecule has 3 heteroatoms. The summed E-state index contributed by atoms with van der Waals surface area (Å²) in [5, 5.41) is 3.27. The SMILES string of the molecule is CCC(C)(F)c1cccc2c3cc(C4CCCCC4)ccc3n3ccnc3c12. The molecule has 0 N–H and O–H groups in total. The first-order valence-corrected chi connectivity index (χ1v) is 10.6. The fourth-order valence-electron chi connectivity index (χ4n) is 4.99. The van der Waals surface area contributed by atoms with Gasteiger partial charge in [0.15, 0.2) is 0 Å². The van der Waals surface area contributed by atoms with Crippen molar-refractivity contribution in [2.45, 2.75) is 64.0 Å². The van der Waals surface area contributed by atoms with E-state index in [-0.39, 0.29) is 0 Å². The van der Waals surface area contributed by atoms with Crippen LogP contribution in [0, 0.1) is 0 Å². The third kappa shape index (κ3) is 2.63. The topological polar surface area (TPSA) is 17.3 Å². The predicted molar refractivity (Wildman–Crippen MR) is 115 cm³/mol. The summed E-state index contributed by atoms with van der Waals surface area (Å²) >= 11 is 0. The molecule has 2 aromatic carbocycles. The summed E-state index contributed by atoms with van der Waals surface area (Å²) in [4.78, 5) is 4.61. The number of nitrogens with zero attached hydrogens (tertiary/aromatic N) is 2. The van der Waals surface area contributed by atoms with Crippen molar-refractivity contribution in [3.63, 3.8) is 0 Å². The quantitative estimate of drug-likeness (QED) is 0.344. The second-order valence-corrected chi connectivity index (χ2v) is 8.51. The van der Waals surface area contributed by atoms with Gasteiger partial charge in [0.05, 0.1) is 5.52 Å². The Balaban J connectivity index is 1.86. The zero-order valence-electron chi connectivity index (χ0n) is 16.7. The van der Waals surface area contributed by atoms with Gasteiger partial charge in [0.2, 0.25) is 0 Å². The van der Waals surface area contributed by atoms with Crippen molar-refractivity contribution in [3.8, 4) is 0 Å². The molecule has 0 bridgehead atoms. The lowest BCUT2D eigenvalue weighted by molar-refractivity contribution is 0.187. The molecular weight excluding hydrogens is 347 g/mol. The van der Waals surface area contributed by atoms with Gasteiger partial charge in [-0.15, -0.1) is 0 Å². The zero-order chi connectivity index (χ0) is 19.3. The second kappa shape index (κ2) is 6.58. The van der Waals surface area contributed by atoms with Gasteiger partial charge in [-0.2, -0.15) is 0 Å². The smallest absolute Gasteiger partial charge is 0.145 e. The van der Waals surface area contributed by atoms with E-state index in [2.05, 4.69) is 33.7 Å². The van der Waals surface area contributed by atoms with Gasteiger partial charge in [0.1, 0.15) is 11.3 Å². The summed E-state index contributed by atoms with van der Waals surface area (Å²) in [5.41, 5.74) is 2.79. The molecule has 2 aromatic heterocycles. The summed E-state index contributed by atoms with van der Waals surface area (Å²) in [6.07, 6.45) is 10.8. The van der Waals surface area contributed by atoms with E-state index in [0.717, 1.165) is 27.5 Å². The van der Waals surface area contributed by atoms with Crippen LogP contribution in [0.2, 0.25) is 0 Å². The minimum Gasteiger partial charge on any atom is -0.299 e. The van der Waals surface area contributed by atoms with Gasteiger partial charge < -0.3 is 0 Å². The van der Waals surface area contributed by atoms with E-state index in [1.807, 2.05) is 31.5 Å². The van der Waals surface area contributed by atoms with Crippen LogP contribution in [0.3, 0.4) is 0 Å². The third-order valence-electron chi connectivity index (χ3n) is 6.80. The van der Waals surface area contributed by atoms with E-state index in [4.69, 9.17) is 0 Å². The molecule has 144 valence electrons. The van der Waals surface area contributed by atoms with Gasteiger partial charge in [-0.05, 0) is 55.2 Å². The highest BCUT2D eigenvalue weighted by molar-refractivity contribution is 6.13. The van der Waals surface area contributed by atoms with Gasteiger partial charge in [0.25, 0.3) is 0 Å². The minimum atomic E-state index is -1.37. The molecule has 0 saturated heterocycles. The van der Waals surface area contributed by atoms with Gasteiger partial charge in [-0.3, -0.25) is 4.40 Å². The highest BCUT2D eigenvalue weighted by Gasteiger charge is 2.27. The second-order valence-electron chi connectivity index (χ2n) is 8.51. The third-order valence-corrected chi connectivity index (χ3v) is 6.80. The summed E-state index contributed by atoms with van der Waals surface area (Å²) in [7, 11) is 0. The lowest BCUT2D eigenvalue weighted by Gasteiger charge is -2.24. The van der Waals surface area contributed by atoms with Crippen molar-refractivity contribution < 1.29 is 4.39 Å². The van der Waals surface area contributed by atoms with Crippen LogP contribution in [-0.2, 0) is 5.67 Å². The highest BCUT2D eigenvalue weighted by atomic mass is 19.1. The molecule has 28 heavy (non-hydrogen) atoms. The van der Waals surface area contributed by atoms with Crippen LogP contribution in [0.5, 0.6) is 0 Å². The van der Waals surface area contributed by atoms with Crippen molar-refractivity contribution in [1.82, 2.24) is 9.38 Å². The molecule has 4 aromatic rings. The Hall–Kier alpha value is -2.42. The van der Waals surface area contributed by atoms with Crippen LogP contribution in [-0.4, -0.2) is 9.38 Å². The van der Waals surface area contributed by atoms with E-state index in [1.165, 1.54) is 43.1 Å². The van der Waals surface area contributed by atoms with E-state index in [9.17, 15) is 0 Å². The molecule has 5 rings (SSSR count). The first kappa shape index (κ1) is 17.7. The van der Waals surface area contributed by atoms with Crippen LogP contribution in [0.4, 0.5) is 4.39 Å². The van der Waals surface area contributed by atoms with E-state index >= 15 is 4.39 Å². The van der Waals surface area contributed by atoms with Gasteiger partial charge in [-0.1, -0.05) is 50.5 Å². The molecule has 0 radical (unpaired) electrons. The number of aromatic nitrogens is 2. The first-order valence-electron chi connectivity index (χ1n) is 10.6. The van der Waals surface area contributed by atoms with Gasteiger partial charge >= 0.3 is 0 Å². The maximum atomic E-state index is 15.4. The maximum Gasteiger partial charge on any atom is 0.145 e. The predicted octanol–water partition coefficient (Wildman–Crippen LogP) is 7.28. The molecule has 2 nitrogen and oxygen atoms in total. The monoisotopic (exact) mass is 374 g/mol. The number of hydrogen-bond acceptors (Lipinski definition) is 1. The Morgan fingerprint density at radius 1 is 1.11 bits per heavy atom. The fourth-order valence-corrected chi connectivity index (χ4v) is 4.99. The number of imidazole rings is 1. The number of alkyl halides is 1. The number of rotatable bonds is 3. The lowest BCUT2D eigenvalue weighted by atomic mass is 9.83. The van der Waals surface area contributed by atoms with Gasteiger partial charge in [-0.25, -0.2) is 9.37 Å².